The zero-order valence-corrected chi connectivity index (χ0v) is 14.8. The molecular formula is C17H18N6O3. The van der Waals surface area contributed by atoms with E-state index in [0.717, 1.165) is 21.3 Å². The van der Waals surface area contributed by atoms with Gasteiger partial charge in [0.25, 0.3) is 5.56 Å². The van der Waals surface area contributed by atoms with Gasteiger partial charge in [0, 0.05) is 38.8 Å². The Hall–Kier alpha value is -3.49. The van der Waals surface area contributed by atoms with Gasteiger partial charge < -0.3 is 9.88 Å². The van der Waals surface area contributed by atoms with Crippen molar-refractivity contribution in [1.82, 2.24) is 23.9 Å². The van der Waals surface area contributed by atoms with Crippen LogP contribution in [-0.4, -0.2) is 29.8 Å². The van der Waals surface area contributed by atoms with Crippen molar-refractivity contribution < 1.29 is 4.79 Å². The topological polar surface area (TPSA) is 104 Å². The van der Waals surface area contributed by atoms with Gasteiger partial charge in [-0.15, -0.1) is 0 Å². The third-order valence-corrected chi connectivity index (χ3v) is 4.02. The number of pyridine rings is 1. The number of amides is 1. The molecule has 0 radical (unpaired) electrons. The van der Waals surface area contributed by atoms with Gasteiger partial charge in [0.15, 0.2) is 5.65 Å². The quantitative estimate of drug-likeness (QED) is 0.683. The summed E-state index contributed by atoms with van der Waals surface area (Å²) >= 11 is 0. The van der Waals surface area contributed by atoms with Gasteiger partial charge in [-0.1, -0.05) is 0 Å². The predicted octanol–water partition coefficient (Wildman–Crippen LogP) is 0.326. The highest BCUT2D eigenvalue weighted by Crippen LogP contribution is 2.19. The number of rotatable bonds is 3. The van der Waals surface area contributed by atoms with Gasteiger partial charge in [0.05, 0.1) is 23.1 Å². The first-order chi connectivity index (χ1) is 12.3. The van der Waals surface area contributed by atoms with Gasteiger partial charge in [-0.05, 0) is 19.1 Å². The van der Waals surface area contributed by atoms with E-state index in [1.807, 2.05) is 6.92 Å². The first-order valence-corrected chi connectivity index (χ1v) is 7.83. The average Bonchev–Trinajstić information content (AvgIpc) is 2.89. The normalized spacial score (nSPS) is 11.4. The van der Waals surface area contributed by atoms with Crippen LogP contribution in [0.4, 0.5) is 5.69 Å². The van der Waals surface area contributed by atoms with Crippen LogP contribution in [0, 0.1) is 6.92 Å². The maximum atomic E-state index is 12.1. The lowest BCUT2D eigenvalue weighted by atomic mass is 10.2. The first kappa shape index (κ1) is 17.3. The fourth-order valence-corrected chi connectivity index (χ4v) is 2.68. The van der Waals surface area contributed by atoms with Gasteiger partial charge in [0.1, 0.15) is 0 Å². The summed E-state index contributed by atoms with van der Waals surface area (Å²) in [4.78, 5) is 40.1. The summed E-state index contributed by atoms with van der Waals surface area (Å²) in [5, 5.41) is 7.83. The molecule has 3 rings (SSSR count). The summed E-state index contributed by atoms with van der Waals surface area (Å²) in [5.74, 6) is -0.413. The van der Waals surface area contributed by atoms with E-state index >= 15 is 0 Å². The maximum absolute atomic E-state index is 12.1. The van der Waals surface area contributed by atoms with Crippen molar-refractivity contribution in [3.8, 4) is 0 Å². The van der Waals surface area contributed by atoms with Crippen LogP contribution < -0.4 is 16.6 Å². The molecule has 0 unspecified atom stereocenters. The van der Waals surface area contributed by atoms with Crippen molar-refractivity contribution >= 4 is 28.7 Å². The molecule has 0 aliphatic rings. The van der Waals surface area contributed by atoms with E-state index in [0.29, 0.717) is 5.69 Å². The fourth-order valence-electron chi connectivity index (χ4n) is 2.68. The highest BCUT2D eigenvalue weighted by atomic mass is 16.2. The smallest absolute Gasteiger partial charge is 0.321 e. The number of anilines is 1. The Morgan fingerprint density at radius 2 is 1.96 bits per heavy atom. The molecule has 1 amide bonds. The van der Waals surface area contributed by atoms with Crippen LogP contribution in [0.5, 0.6) is 0 Å². The van der Waals surface area contributed by atoms with Crippen LogP contribution in [0.15, 0.2) is 34.1 Å². The third kappa shape index (κ3) is 3.06. The Bertz CT molecular complexity index is 1170. The van der Waals surface area contributed by atoms with Crippen LogP contribution in [0.2, 0.25) is 0 Å². The minimum absolute atomic E-state index is 0.237. The van der Waals surface area contributed by atoms with E-state index in [9.17, 15) is 14.4 Å². The molecule has 0 saturated carbocycles. The van der Waals surface area contributed by atoms with Crippen LogP contribution >= 0.6 is 0 Å². The maximum Gasteiger partial charge on any atom is 0.330 e. The summed E-state index contributed by atoms with van der Waals surface area (Å²) in [6, 6.07) is 1.79. The molecular weight excluding hydrogens is 336 g/mol. The molecule has 0 bridgehead atoms. The number of fused-ring (bicyclic) bond motifs is 1. The predicted molar refractivity (Wildman–Crippen MR) is 97.8 cm³/mol. The Kier molecular flexibility index (Phi) is 4.29. The zero-order valence-electron chi connectivity index (χ0n) is 14.8. The van der Waals surface area contributed by atoms with Crippen LogP contribution in [-0.2, 0) is 25.9 Å². The molecule has 3 aromatic heterocycles. The number of carbonyl (C=O) groups is 1. The molecule has 0 saturated heterocycles. The molecule has 26 heavy (non-hydrogen) atoms. The van der Waals surface area contributed by atoms with Crippen LogP contribution in [0.1, 0.15) is 11.3 Å². The lowest BCUT2D eigenvalue weighted by molar-refractivity contribution is -0.111. The van der Waals surface area contributed by atoms with Crippen molar-refractivity contribution in [3.63, 3.8) is 0 Å². The second-order valence-corrected chi connectivity index (χ2v) is 5.97. The molecule has 134 valence electrons. The van der Waals surface area contributed by atoms with Gasteiger partial charge in [0.2, 0.25) is 5.91 Å². The molecule has 3 heterocycles. The lowest BCUT2D eigenvalue weighted by Gasteiger charge is -2.04. The number of nitrogens with zero attached hydrogens (tertiary/aromatic N) is 5. The van der Waals surface area contributed by atoms with Gasteiger partial charge in [-0.3, -0.25) is 18.8 Å². The van der Waals surface area contributed by atoms with Crippen molar-refractivity contribution in [2.45, 2.75) is 6.92 Å². The van der Waals surface area contributed by atoms with Crippen molar-refractivity contribution in [3.05, 3.63) is 56.6 Å². The molecule has 1 N–H and O–H groups in total. The number of carbonyl (C=O) groups excluding carboxylic acids is 1. The van der Waals surface area contributed by atoms with Gasteiger partial charge >= 0.3 is 5.69 Å². The minimum Gasteiger partial charge on any atom is -0.321 e. The Balaban J connectivity index is 1.83. The molecule has 9 nitrogen and oxygen atoms in total. The van der Waals surface area contributed by atoms with Crippen molar-refractivity contribution in [1.29, 1.82) is 0 Å². The monoisotopic (exact) mass is 354 g/mol. The Labute approximate surface area is 148 Å². The Morgan fingerprint density at radius 1 is 1.23 bits per heavy atom. The number of hydrogen-bond donors (Lipinski definition) is 1. The number of aryl methyl sites for hydroxylation is 3. The fraction of sp³-hybridized carbons (Fsp3) is 0.235. The van der Waals surface area contributed by atoms with E-state index in [-0.39, 0.29) is 5.56 Å². The summed E-state index contributed by atoms with van der Waals surface area (Å²) in [6.45, 7) is 1.87. The summed E-state index contributed by atoms with van der Waals surface area (Å²) in [7, 11) is 4.73. The first-order valence-electron chi connectivity index (χ1n) is 7.83. The lowest BCUT2D eigenvalue weighted by Crippen LogP contribution is -2.37. The van der Waals surface area contributed by atoms with E-state index < -0.39 is 17.2 Å². The van der Waals surface area contributed by atoms with Gasteiger partial charge in [-0.25, -0.2) is 9.78 Å². The van der Waals surface area contributed by atoms with E-state index in [4.69, 9.17) is 0 Å². The number of aromatic nitrogens is 5. The highest BCUT2D eigenvalue weighted by molar-refractivity contribution is 6.02. The summed E-state index contributed by atoms with van der Waals surface area (Å²) in [6.07, 6.45) is 5.54. The number of nitrogens with one attached hydrogen (secondary N) is 1. The largest absolute Gasteiger partial charge is 0.330 e. The van der Waals surface area contributed by atoms with Crippen LogP contribution in [0.25, 0.3) is 17.1 Å². The molecule has 0 aliphatic heterocycles. The average molecular weight is 354 g/mol. The molecule has 0 spiro atoms. The van der Waals surface area contributed by atoms with Gasteiger partial charge in [-0.2, -0.15) is 5.10 Å². The number of hydrogen-bond acceptors (Lipinski definition) is 5. The van der Waals surface area contributed by atoms with Crippen molar-refractivity contribution in [2.75, 3.05) is 5.32 Å². The van der Waals surface area contributed by atoms with E-state index in [2.05, 4.69) is 15.4 Å². The minimum atomic E-state index is -0.466. The Morgan fingerprint density at radius 3 is 2.69 bits per heavy atom. The van der Waals surface area contributed by atoms with E-state index in [1.54, 1.807) is 24.0 Å². The molecule has 0 atom stereocenters. The van der Waals surface area contributed by atoms with Crippen LogP contribution in [0.3, 0.4) is 0 Å². The summed E-state index contributed by atoms with van der Waals surface area (Å²) in [5.41, 5.74) is 1.41. The third-order valence-electron chi connectivity index (χ3n) is 4.02. The standard InChI is InChI=1S/C17H18N6O3/c1-10-13-7-12(8-18-15(13)23(4)20-10)19-14(24)6-5-11-9-21(2)17(26)22(3)16(11)25/h5-9H,1-4H3,(H,19,24)/b6-5+. The SMILES string of the molecule is Cc1nn(C)c2ncc(NC(=O)/C=C/c3cn(C)c(=O)n(C)c3=O)cc12. The molecule has 0 aliphatic carbocycles. The summed E-state index contributed by atoms with van der Waals surface area (Å²) < 4.78 is 3.94. The highest BCUT2D eigenvalue weighted by Gasteiger charge is 2.08. The molecule has 9 heteroatoms. The zero-order chi connectivity index (χ0) is 19.0. The second-order valence-electron chi connectivity index (χ2n) is 5.97. The van der Waals surface area contributed by atoms with Crippen molar-refractivity contribution in [2.24, 2.45) is 21.1 Å². The van der Waals surface area contributed by atoms with E-state index in [1.165, 1.54) is 37.0 Å². The second kappa shape index (κ2) is 6.43. The molecule has 0 fully saturated rings. The molecule has 0 aromatic carbocycles. The molecule has 3 aromatic rings.